The number of ether oxygens (including phenoxy) is 1. The van der Waals surface area contributed by atoms with Crippen LogP contribution in [0.5, 0.6) is 5.75 Å². The van der Waals surface area contributed by atoms with Crippen LogP contribution in [0.3, 0.4) is 0 Å². The summed E-state index contributed by atoms with van der Waals surface area (Å²) >= 11 is 0. The van der Waals surface area contributed by atoms with Gasteiger partial charge in [-0.2, -0.15) is 0 Å². The van der Waals surface area contributed by atoms with E-state index in [2.05, 4.69) is 17.4 Å². The summed E-state index contributed by atoms with van der Waals surface area (Å²) in [5.41, 5.74) is 5.23. The zero-order valence-electron chi connectivity index (χ0n) is 16.8. The third kappa shape index (κ3) is 4.53. The Hall–Kier alpha value is -3.80. The van der Waals surface area contributed by atoms with E-state index in [1.165, 1.54) is 0 Å². The Morgan fingerprint density at radius 1 is 0.935 bits per heavy atom. The number of hydrogen-bond donors (Lipinski definition) is 3. The van der Waals surface area contributed by atoms with Crippen molar-refractivity contribution in [3.8, 4) is 16.9 Å². The van der Waals surface area contributed by atoms with Crippen LogP contribution in [0.4, 0.5) is 4.79 Å². The van der Waals surface area contributed by atoms with Crippen molar-refractivity contribution < 1.29 is 24.5 Å². The smallest absolute Gasteiger partial charge is 0.407 e. The average Bonchev–Trinajstić information content (AvgIpc) is 3.09. The fourth-order valence-electron chi connectivity index (χ4n) is 4.06. The average molecular weight is 417 g/mol. The number of rotatable bonds is 7. The lowest BCUT2D eigenvalue weighted by molar-refractivity contribution is -0.139. The van der Waals surface area contributed by atoms with Gasteiger partial charge in [0.1, 0.15) is 18.4 Å². The van der Waals surface area contributed by atoms with E-state index in [9.17, 15) is 19.8 Å². The van der Waals surface area contributed by atoms with Crippen LogP contribution >= 0.6 is 0 Å². The molecule has 0 spiro atoms. The fourth-order valence-corrected chi connectivity index (χ4v) is 4.06. The first kappa shape index (κ1) is 20.5. The molecule has 6 nitrogen and oxygen atoms in total. The van der Waals surface area contributed by atoms with Gasteiger partial charge in [-0.05, 0) is 52.8 Å². The number of aromatic hydroxyl groups is 1. The fraction of sp³-hybridized carbons (Fsp3) is 0.200. The van der Waals surface area contributed by atoms with Gasteiger partial charge in [0.15, 0.2) is 0 Å². The number of nitrogens with one attached hydrogen (secondary N) is 1. The molecule has 31 heavy (non-hydrogen) atoms. The number of amides is 1. The molecule has 158 valence electrons. The highest BCUT2D eigenvalue weighted by atomic mass is 16.5. The summed E-state index contributed by atoms with van der Waals surface area (Å²) in [5, 5.41) is 21.5. The Balaban J connectivity index is 1.38. The van der Waals surface area contributed by atoms with Gasteiger partial charge < -0.3 is 20.3 Å². The largest absolute Gasteiger partial charge is 0.508 e. The number of carbonyl (C=O) groups excluding carboxylic acids is 1. The van der Waals surface area contributed by atoms with Gasteiger partial charge in [-0.1, -0.05) is 60.7 Å². The van der Waals surface area contributed by atoms with Crippen LogP contribution in [-0.4, -0.2) is 34.9 Å². The molecule has 1 amide bonds. The maximum Gasteiger partial charge on any atom is 0.407 e. The Bertz CT molecular complexity index is 1060. The predicted octanol–water partition coefficient (Wildman–Crippen LogP) is 4.32. The molecule has 0 saturated carbocycles. The zero-order valence-corrected chi connectivity index (χ0v) is 16.8. The molecule has 3 aromatic carbocycles. The lowest BCUT2D eigenvalue weighted by Crippen LogP contribution is -2.41. The summed E-state index contributed by atoms with van der Waals surface area (Å²) in [7, 11) is 0. The number of fused-ring (bicyclic) bond motifs is 3. The molecule has 0 saturated heterocycles. The molecule has 3 N–H and O–H groups in total. The number of hydrogen-bond acceptors (Lipinski definition) is 4. The third-order valence-corrected chi connectivity index (χ3v) is 5.57. The highest BCUT2D eigenvalue weighted by Gasteiger charge is 2.29. The van der Waals surface area contributed by atoms with E-state index in [1.54, 1.807) is 24.3 Å². The molecule has 1 aliphatic carbocycles. The monoisotopic (exact) mass is 417 g/mol. The first-order chi connectivity index (χ1) is 15.0. The Morgan fingerprint density at radius 3 is 2.19 bits per heavy atom. The zero-order chi connectivity index (χ0) is 21.8. The maximum atomic E-state index is 12.4. The second-order valence-electron chi connectivity index (χ2n) is 7.57. The van der Waals surface area contributed by atoms with Gasteiger partial charge in [-0.15, -0.1) is 0 Å². The molecular weight excluding hydrogens is 394 g/mol. The predicted molar refractivity (Wildman–Crippen MR) is 116 cm³/mol. The minimum atomic E-state index is -1.13. The third-order valence-electron chi connectivity index (χ3n) is 5.57. The van der Waals surface area contributed by atoms with E-state index >= 15 is 0 Å². The van der Waals surface area contributed by atoms with Crippen molar-refractivity contribution in [2.45, 2.75) is 24.8 Å². The molecule has 0 aromatic heterocycles. The number of alkyl carbamates (subject to hydrolysis) is 1. The normalized spacial score (nSPS) is 13.2. The number of carboxylic acid groups (broad SMARTS) is 1. The van der Waals surface area contributed by atoms with Crippen LogP contribution in [0.1, 0.15) is 29.0 Å². The highest BCUT2D eigenvalue weighted by Crippen LogP contribution is 2.44. The highest BCUT2D eigenvalue weighted by molar-refractivity contribution is 5.81. The van der Waals surface area contributed by atoms with Crippen molar-refractivity contribution >= 4 is 12.1 Å². The molecule has 0 radical (unpaired) electrons. The minimum Gasteiger partial charge on any atom is -0.508 e. The van der Waals surface area contributed by atoms with Gasteiger partial charge in [-0.3, -0.25) is 0 Å². The lowest BCUT2D eigenvalue weighted by Gasteiger charge is -2.17. The van der Waals surface area contributed by atoms with Gasteiger partial charge in [0.25, 0.3) is 0 Å². The molecule has 6 heteroatoms. The number of benzene rings is 3. The summed E-state index contributed by atoms with van der Waals surface area (Å²) < 4.78 is 5.44. The van der Waals surface area contributed by atoms with Gasteiger partial charge in [0, 0.05) is 5.92 Å². The van der Waals surface area contributed by atoms with E-state index in [4.69, 9.17) is 4.74 Å². The summed E-state index contributed by atoms with van der Waals surface area (Å²) in [5.74, 6) is -1.10. The van der Waals surface area contributed by atoms with Crippen molar-refractivity contribution in [2.24, 2.45) is 0 Å². The van der Waals surface area contributed by atoms with E-state index in [0.717, 1.165) is 27.8 Å². The topological polar surface area (TPSA) is 95.9 Å². The molecule has 1 aliphatic rings. The van der Waals surface area contributed by atoms with E-state index in [1.807, 2.05) is 36.4 Å². The lowest BCUT2D eigenvalue weighted by atomic mass is 9.98. The summed E-state index contributed by atoms with van der Waals surface area (Å²) in [4.78, 5) is 24.0. The van der Waals surface area contributed by atoms with Crippen molar-refractivity contribution in [3.63, 3.8) is 0 Å². The standard InChI is InChI=1S/C25H23NO5/c27-17-7-5-6-16(14-17)12-13-23(24(28)29)26-25(30)31-15-22-20-10-3-1-8-18(20)19-9-2-4-11-21(19)22/h1-11,14,22-23,27H,12-13,15H2,(H,26,30)(H,28,29)/t23-/m1/s1. The van der Waals surface area contributed by atoms with Crippen LogP contribution in [0.25, 0.3) is 11.1 Å². The summed E-state index contributed by atoms with van der Waals surface area (Å²) in [6, 6.07) is 21.6. The number of phenols is 1. The second-order valence-corrected chi connectivity index (χ2v) is 7.57. The Labute approximate surface area is 180 Å². The van der Waals surface area contributed by atoms with E-state index in [-0.39, 0.29) is 24.7 Å². The number of phenolic OH excluding ortho intramolecular Hbond substituents is 1. The molecule has 4 rings (SSSR count). The first-order valence-electron chi connectivity index (χ1n) is 10.1. The van der Waals surface area contributed by atoms with Gasteiger partial charge in [0.05, 0.1) is 0 Å². The number of aliphatic carboxylic acids is 1. The van der Waals surface area contributed by atoms with Crippen molar-refractivity contribution in [2.75, 3.05) is 6.61 Å². The van der Waals surface area contributed by atoms with Gasteiger partial charge in [0.2, 0.25) is 0 Å². The van der Waals surface area contributed by atoms with Crippen LogP contribution in [-0.2, 0) is 16.0 Å². The molecule has 3 aromatic rings. The van der Waals surface area contributed by atoms with Crippen molar-refractivity contribution in [3.05, 3.63) is 89.5 Å². The number of carboxylic acids is 1. The SMILES string of the molecule is O=C(N[C@H](CCc1cccc(O)c1)C(=O)O)OCC1c2ccccc2-c2ccccc21. The second kappa shape index (κ2) is 8.92. The Morgan fingerprint density at radius 2 is 1.58 bits per heavy atom. The van der Waals surface area contributed by atoms with Gasteiger partial charge >= 0.3 is 12.1 Å². The molecule has 0 aliphatic heterocycles. The van der Waals surface area contributed by atoms with Crippen molar-refractivity contribution in [1.82, 2.24) is 5.32 Å². The number of aryl methyl sites for hydroxylation is 1. The van der Waals surface area contributed by atoms with E-state index in [0.29, 0.717) is 6.42 Å². The number of carbonyl (C=O) groups is 2. The molecule has 0 unspecified atom stereocenters. The van der Waals surface area contributed by atoms with Crippen LogP contribution in [0, 0.1) is 0 Å². The minimum absolute atomic E-state index is 0.0891. The van der Waals surface area contributed by atoms with Crippen LogP contribution in [0.2, 0.25) is 0 Å². The van der Waals surface area contributed by atoms with Crippen molar-refractivity contribution in [1.29, 1.82) is 0 Å². The quantitative estimate of drug-likeness (QED) is 0.532. The molecule has 0 heterocycles. The molecule has 1 atom stereocenters. The summed E-state index contributed by atoms with van der Waals surface area (Å²) in [6.45, 7) is 0.124. The molecule has 0 bridgehead atoms. The van der Waals surface area contributed by atoms with Crippen LogP contribution < -0.4 is 5.32 Å². The molecule has 0 fully saturated rings. The Kier molecular flexibility index (Phi) is 5.89. The maximum absolute atomic E-state index is 12.4. The van der Waals surface area contributed by atoms with E-state index < -0.39 is 18.1 Å². The summed E-state index contributed by atoms with van der Waals surface area (Å²) in [6.07, 6.45) is -0.178. The first-order valence-corrected chi connectivity index (χ1v) is 10.1. The molecular formula is C25H23NO5. The van der Waals surface area contributed by atoms with Gasteiger partial charge in [-0.25, -0.2) is 9.59 Å². The van der Waals surface area contributed by atoms with Crippen LogP contribution in [0.15, 0.2) is 72.8 Å².